The average Bonchev–Trinajstić information content (AvgIpc) is 2.68. The van der Waals surface area contributed by atoms with Crippen LogP contribution in [0.3, 0.4) is 0 Å². The molecule has 0 aliphatic carbocycles. The van der Waals surface area contributed by atoms with E-state index in [-0.39, 0.29) is 37.2 Å². The van der Waals surface area contributed by atoms with E-state index in [1.54, 1.807) is 6.92 Å². The van der Waals surface area contributed by atoms with Crippen LogP contribution in [0, 0.1) is 10.1 Å². The van der Waals surface area contributed by atoms with Gasteiger partial charge in [0.05, 0.1) is 6.61 Å². The summed E-state index contributed by atoms with van der Waals surface area (Å²) in [5.74, 6) is -1.07. The molecule has 0 spiro atoms. The molecule has 22 heavy (non-hydrogen) atoms. The molecule has 1 aromatic rings. The summed E-state index contributed by atoms with van der Waals surface area (Å²) in [7, 11) is 0. The Morgan fingerprint density at radius 1 is 1.59 bits per heavy atom. The first-order valence-corrected chi connectivity index (χ1v) is 6.86. The number of carbonyl (C=O) groups is 2. The van der Waals surface area contributed by atoms with Crippen LogP contribution in [0.25, 0.3) is 0 Å². The van der Waals surface area contributed by atoms with E-state index >= 15 is 0 Å². The number of rotatable bonds is 4. The first-order chi connectivity index (χ1) is 10.5. The fourth-order valence-electron chi connectivity index (χ4n) is 2.50. The number of hydrogen-bond acceptors (Lipinski definition) is 7. The smallest absolute Gasteiger partial charge is 0.345 e. The lowest BCUT2D eigenvalue weighted by Gasteiger charge is -2.19. The van der Waals surface area contributed by atoms with Crippen LogP contribution in [-0.2, 0) is 21.6 Å². The van der Waals surface area contributed by atoms with Crippen molar-refractivity contribution in [2.75, 3.05) is 6.61 Å². The molecule has 0 N–H and O–H groups in total. The Bertz CT molecular complexity index is 683. The van der Waals surface area contributed by atoms with E-state index in [0.29, 0.717) is 12.8 Å². The van der Waals surface area contributed by atoms with Gasteiger partial charge in [-0.05, 0) is 19.8 Å². The number of fused-ring (bicyclic) bond motifs is 1. The molecule has 0 bridgehead atoms. The van der Waals surface area contributed by atoms with E-state index < -0.39 is 22.0 Å². The fraction of sp³-hybridized carbons (Fsp3) is 0.538. The zero-order valence-corrected chi connectivity index (χ0v) is 12.0. The van der Waals surface area contributed by atoms with Gasteiger partial charge in [-0.1, -0.05) is 0 Å². The molecule has 1 atom stereocenters. The molecule has 0 aromatic carbocycles. The topological polar surface area (TPSA) is 121 Å². The minimum Gasteiger partial charge on any atom is -0.462 e. The summed E-state index contributed by atoms with van der Waals surface area (Å²) >= 11 is 0. The van der Waals surface area contributed by atoms with Crippen molar-refractivity contribution in [3.8, 4) is 0 Å². The van der Waals surface area contributed by atoms with Gasteiger partial charge in [0, 0.05) is 24.1 Å². The highest BCUT2D eigenvalue weighted by atomic mass is 16.6. The molecule has 0 fully saturated rings. The standard InChI is InChI=1S/C13H15N3O6/c1-2-22-11(19)9-7-14-12-13(8-17,16(20)21)5-3-4-6-15(12)10(9)18/h7-8H,2-6H2,1H3. The summed E-state index contributed by atoms with van der Waals surface area (Å²) in [6, 6.07) is 0. The molecule has 1 aliphatic heterocycles. The zero-order valence-electron chi connectivity index (χ0n) is 12.0. The van der Waals surface area contributed by atoms with Crippen LogP contribution in [0.1, 0.15) is 42.4 Å². The minimum absolute atomic E-state index is 0.0330. The second-order valence-electron chi connectivity index (χ2n) is 4.93. The minimum atomic E-state index is -2.05. The number of ether oxygens (including phenoxy) is 1. The van der Waals surface area contributed by atoms with Gasteiger partial charge in [0.15, 0.2) is 5.82 Å². The van der Waals surface area contributed by atoms with Gasteiger partial charge >= 0.3 is 11.5 Å². The molecule has 9 nitrogen and oxygen atoms in total. The zero-order chi connectivity index (χ0) is 16.3. The Kier molecular flexibility index (Phi) is 4.34. The van der Waals surface area contributed by atoms with E-state index in [1.165, 1.54) is 0 Å². The maximum atomic E-state index is 12.4. The summed E-state index contributed by atoms with van der Waals surface area (Å²) in [6.45, 7) is 1.85. The summed E-state index contributed by atoms with van der Waals surface area (Å²) in [6.07, 6.45) is 2.00. The highest BCUT2D eigenvalue weighted by Crippen LogP contribution is 2.29. The van der Waals surface area contributed by atoms with Crippen molar-refractivity contribution in [2.45, 2.75) is 38.3 Å². The molecule has 9 heteroatoms. The van der Waals surface area contributed by atoms with Crippen LogP contribution in [0.15, 0.2) is 11.0 Å². The van der Waals surface area contributed by atoms with Crippen molar-refractivity contribution in [3.05, 3.63) is 38.1 Å². The highest BCUT2D eigenvalue weighted by Gasteiger charge is 2.50. The van der Waals surface area contributed by atoms with E-state index in [1.807, 2.05) is 0 Å². The van der Waals surface area contributed by atoms with Gasteiger partial charge in [0.2, 0.25) is 6.29 Å². The molecule has 1 unspecified atom stereocenters. The number of nitrogens with zero attached hydrogens (tertiary/aromatic N) is 3. The molecule has 0 saturated heterocycles. The van der Waals surface area contributed by atoms with Crippen LogP contribution < -0.4 is 5.56 Å². The monoisotopic (exact) mass is 309 g/mol. The molecular formula is C13H15N3O6. The number of carbonyl (C=O) groups excluding carboxylic acids is 2. The second kappa shape index (κ2) is 6.04. The lowest BCUT2D eigenvalue weighted by Crippen LogP contribution is -2.43. The lowest BCUT2D eigenvalue weighted by molar-refractivity contribution is -0.561. The van der Waals surface area contributed by atoms with E-state index in [2.05, 4.69) is 4.98 Å². The molecule has 1 aliphatic rings. The summed E-state index contributed by atoms with van der Waals surface area (Å²) in [5.41, 5.74) is -3.07. The lowest BCUT2D eigenvalue weighted by atomic mass is 9.95. The third kappa shape index (κ3) is 2.38. The third-order valence-corrected chi connectivity index (χ3v) is 3.64. The molecule has 118 valence electrons. The van der Waals surface area contributed by atoms with E-state index in [0.717, 1.165) is 10.8 Å². The van der Waals surface area contributed by atoms with Crippen LogP contribution in [0.5, 0.6) is 0 Å². The number of nitro groups is 1. The van der Waals surface area contributed by atoms with Gasteiger partial charge in [0.1, 0.15) is 5.56 Å². The summed E-state index contributed by atoms with van der Waals surface area (Å²) in [5, 5.41) is 11.4. The van der Waals surface area contributed by atoms with Crippen molar-refractivity contribution in [2.24, 2.45) is 0 Å². The highest BCUT2D eigenvalue weighted by molar-refractivity contribution is 5.88. The van der Waals surface area contributed by atoms with Gasteiger partial charge in [0.25, 0.3) is 5.56 Å². The Balaban J connectivity index is 2.66. The Morgan fingerprint density at radius 2 is 2.32 bits per heavy atom. The molecule has 0 saturated carbocycles. The Labute approximate surface area is 125 Å². The quantitative estimate of drug-likeness (QED) is 0.339. The molecular weight excluding hydrogens is 294 g/mol. The first-order valence-electron chi connectivity index (χ1n) is 6.86. The summed E-state index contributed by atoms with van der Waals surface area (Å²) in [4.78, 5) is 50.0. The number of aldehydes is 1. The van der Waals surface area contributed by atoms with Crippen molar-refractivity contribution >= 4 is 12.3 Å². The van der Waals surface area contributed by atoms with Crippen LogP contribution in [-0.4, -0.2) is 33.3 Å². The molecule has 2 rings (SSSR count). The van der Waals surface area contributed by atoms with Gasteiger partial charge in [-0.3, -0.25) is 24.3 Å². The van der Waals surface area contributed by atoms with Crippen molar-refractivity contribution < 1.29 is 19.2 Å². The van der Waals surface area contributed by atoms with Crippen molar-refractivity contribution in [1.82, 2.24) is 9.55 Å². The number of aromatic nitrogens is 2. The average molecular weight is 309 g/mol. The van der Waals surface area contributed by atoms with Crippen LogP contribution >= 0.6 is 0 Å². The molecule has 0 amide bonds. The number of hydrogen-bond donors (Lipinski definition) is 0. The van der Waals surface area contributed by atoms with Gasteiger partial charge < -0.3 is 4.74 Å². The fourth-order valence-corrected chi connectivity index (χ4v) is 2.50. The predicted molar refractivity (Wildman–Crippen MR) is 73.0 cm³/mol. The van der Waals surface area contributed by atoms with Gasteiger partial charge in [-0.15, -0.1) is 0 Å². The molecule has 1 aromatic heterocycles. The normalized spacial score (nSPS) is 20.6. The van der Waals surface area contributed by atoms with Crippen molar-refractivity contribution in [3.63, 3.8) is 0 Å². The number of esters is 1. The Morgan fingerprint density at radius 3 is 2.91 bits per heavy atom. The summed E-state index contributed by atoms with van der Waals surface area (Å²) < 4.78 is 5.80. The maximum Gasteiger partial charge on any atom is 0.345 e. The van der Waals surface area contributed by atoms with Gasteiger partial charge in [-0.25, -0.2) is 9.78 Å². The van der Waals surface area contributed by atoms with Gasteiger partial charge in [-0.2, -0.15) is 0 Å². The van der Waals surface area contributed by atoms with Crippen LogP contribution in [0.2, 0.25) is 0 Å². The largest absolute Gasteiger partial charge is 0.462 e. The van der Waals surface area contributed by atoms with E-state index in [4.69, 9.17) is 4.74 Å². The molecule has 0 radical (unpaired) electrons. The van der Waals surface area contributed by atoms with Crippen LogP contribution in [0.4, 0.5) is 0 Å². The predicted octanol–water partition coefficient (Wildman–Crippen LogP) is 0.275. The maximum absolute atomic E-state index is 12.4. The SMILES string of the molecule is CCOC(=O)c1cnc2n(c1=O)CCCCC2(C=O)[N+](=O)[O-]. The first kappa shape index (κ1) is 15.8. The van der Waals surface area contributed by atoms with Crippen molar-refractivity contribution in [1.29, 1.82) is 0 Å². The Hall–Kier alpha value is -2.58. The third-order valence-electron chi connectivity index (χ3n) is 3.64. The second-order valence-corrected chi connectivity index (χ2v) is 4.93. The van der Waals surface area contributed by atoms with E-state index in [9.17, 15) is 24.5 Å². The molecule has 2 heterocycles.